The molecule has 0 atom stereocenters. The Morgan fingerprint density at radius 3 is 2.20 bits per heavy atom. The molecular formula is C15H9ClF2N2. The largest absolute Gasteiger partial charge is 0.222 e. The summed E-state index contributed by atoms with van der Waals surface area (Å²) < 4.78 is 28.9. The summed E-state index contributed by atoms with van der Waals surface area (Å²) in [6.07, 6.45) is 0. The summed E-state index contributed by atoms with van der Waals surface area (Å²) in [7, 11) is 0. The molecule has 0 bridgehead atoms. The molecule has 0 aliphatic rings. The van der Waals surface area contributed by atoms with Crippen molar-refractivity contribution in [1.82, 2.24) is 9.78 Å². The molecule has 20 heavy (non-hydrogen) atoms. The first-order valence-electron chi connectivity index (χ1n) is 5.92. The molecular weight excluding hydrogens is 282 g/mol. The first-order chi connectivity index (χ1) is 9.66. The highest BCUT2D eigenvalue weighted by atomic mass is 35.5. The molecule has 0 aliphatic heterocycles. The zero-order valence-corrected chi connectivity index (χ0v) is 11.0. The molecule has 1 aromatic heterocycles. The number of hydrogen-bond acceptors (Lipinski definition) is 1. The van der Waals surface area contributed by atoms with Crippen molar-refractivity contribution in [2.24, 2.45) is 0 Å². The lowest BCUT2D eigenvalue weighted by Gasteiger charge is -2.03. The van der Waals surface area contributed by atoms with Gasteiger partial charge in [0.15, 0.2) is 0 Å². The van der Waals surface area contributed by atoms with Crippen molar-refractivity contribution in [1.29, 1.82) is 0 Å². The molecule has 1 heterocycles. The summed E-state index contributed by atoms with van der Waals surface area (Å²) >= 11 is 6.09. The van der Waals surface area contributed by atoms with Gasteiger partial charge in [0.2, 0.25) is 0 Å². The van der Waals surface area contributed by atoms with Gasteiger partial charge in [-0.1, -0.05) is 35.9 Å². The highest BCUT2D eigenvalue weighted by Crippen LogP contribution is 2.28. The monoisotopic (exact) mass is 290 g/mol. The topological polar surface area (TPSA) is 17.8 Å². The minimum Gasteiger partial charge on any atom is -0.222 e. The SMILES string of the molecule is Fc1cccc(F)c1-c1cc(Cl)n(-c2ccccc2)n1. The number of nitrogens with zero attached hydrogens (tertiary/aromatic N) is 2. The van der Waals surface area contributed by atoms with E-state index in [1.165, 1.54) is 28.9 Å². The van der Waals surface area contributed by atoms with Gasteiger partial charge in [-0.05, 0) is 24.3 Å². The second-order valence-electron chi connectivity index (χ2n) is 4.20. The molecule has 0 saturated carbocycles. The molecule has 0 radical (unpaired) electrons. The molecule has 100 valence electrons. The van der Waals surface area contributed by atoms with Crippen LogP contribution in [0.15, 0.2) is 54.6 Å². The summed E-state index contributed by atoms with van der Waals surface area (Å²) in [5, 5.41) is 4.46. The van der Waals surface area contributed by atoms with Crippen LogP contribution >= 0.6 is 11.6 Å². The Morgan fingerprint density at radius 2 is 1.55 bits per heavy atom. The van der Waals surface area contributed by atoms with Crippen molar-refractivity contribution in [2.45, 2.75) is 0 Å². The Kier molecular flexibility index (Phi) is 3.24. The normalized spacial score (nSPS) is 10.8. The molecule has 0 N–H and O–H groups in total. The standard InChI is InChI=1S/C15H9ClF2N2/c16-14-9-13(15-11(17)7-4-8-12(15)18)19-20(14)10-5-2-1-3-6-10/h1-9H. The highest BCUT2D eigenvalue weighted by molar-refractivity contribution is 6.30. The van der Waals surface area contributed by atoms with E-state index >= 15 is 0 Å². The predicted octanol–water partition coefficient (Wildman–Crippen LogP) is 4.47. The van der Waals surface area contributed by atoms with Gasteiger partial charge in [-0.2, -0.15) is 5.10 Å². The molecule has 0 unspecified atom stereocenters. The van der Waals surface area contributed by atoms with E-state index < -0.39 is 11.6 Å². The van der Waals surface area contributed by atoms with Crippen LogP contribution in [0.4, 0.5) is 8.78 Å². The Bertz CT molecular complexity index is 734. The zero-order chi connectivity index (χ0) is 14.1. The van der Waals surface area contributed by atoms with Gasteiger partial charge in [-0.15, -0.1) is 0 Å². The second kappa shape index (κ2) is 5.06. The van der Waals surface area contributed by atoms with E-state index in [1.807, 2.05) is 18.2 Å². The predicted molar refractivity (Wildman–Crippen MR) is 73.9 cm³/mol. The third kappa shape index (κ3) is 2.18. The van der Waals surface area contributed by atoms with Crippen LogP contribution in [-0.4, -0.2) is 9.78 Å². The third-order valence-corrected chi connectivity index (χ3v) is 3.15. The highest BCUT2D eigenvalue weighted by Gasteiger charge is 2.16. The van der Waals surface area contributed by atoms with E-state index in [4.69, 9.17) is 11.6 Å². The average molecular weight is 291 g/mol. The summed E-state index contributed by atoms with van der Waals surface area (Å²) in [5.74, 6) is -1.33. The molecule has 2 nitrogen and oxygen atoms in total. The number of para-hydroxylation sites is 1. The van der Waals surface area contributed by atoms with Crippen LogP contribution in [0.5, 0.6) is 0 Å². The van der Waals surface area contributed by atoms with Gasteiger partial charge < -0.3 is 0 Å². The van der Waals surface area contributed by atoms with E-state index in [-0.39, 0.29) is 16.4 Å². The summed E-state index contributed by atoms with van der Waals surface area (Å²) in [6, 6.07) is 14.3. The number of benzene rings is 2. The molecule has 3 rings (SSSR count). The number of hydrogen-bond donors (Lipinski definition) is 0. The summed E-state index contributed by atoms with van der Waals surface area (Å²) in [6.45, 7) is 0. The lowest BCUT2D eigenvalue weighted by Crippen LogP contribution is -1.97. The van der Waals surface area contributed by atoms with Crippen molar-refractivity contribution in [3.8, 4) is 16.9 Å². The van der Waals surface area contributed by atoms with Crippen LogP contribution in [0.1, 0.15) is 0 Å². The quantitative estimate of drug-likeness (QED) is 0.681. The Hall–Kier alpha value is -2.20. The Morgan fingerprint density at radius 1 is 0.900 bits per heavy atom. The van der Waals surface area contributed by atoms with Gasteiger partial charge in [0.05, 0.1) is 11.3 Å². The smallest absolute Gasteiger partial charge is 0.135 e. The fourth-order valence-corrected chi connectivity index (χ4v) is 2.21. The van der Waals surface area contributed by atoms with Crippen LogP contribution in [0.3, 0.4) is 0 Å². The molecule has 0 saturated heterocycles. The van der Waals surface area contributed by atoms with Crippen LogP contribution in [0.2, 0.25) is 5.15 Å². The minimum atomic E-state index is -0.667. The fourth-order valence-electron chi connectivity index (χ4n) is 1.97. The van der Waals surface area contributed by atoms with Gasteiger partial charge in [-0.3, -0.25) is 0 Å². The molecule has 0 spiro atoms. The zero-order valence-electron chi connectivity index (χ0n) is 10.2. The van der Waals surface area contributed by atoms with Gasteiger partial charge in [-0.25, -0.2) is 13.5 Å². The lowest BCUT2D eigenvalue weighted by molar-refractivity contribution is 0.588. The van der Waals surface area contributed by atoms with Crippen molar-refractivity contribution in [2.75, 3.05) is 0 Å². The molecule has 3 aromatic rings. The van der Waals surface area contributed by atoms with Crippen molar-refractivity contribution in [3.05, 3.63) is 71.4 Å². The third-order valence-electron chi connectivity index (χ3n) is 2.89. The van der Waals surface area contributed by atoms with Crippen molar-refractivity contribution in [3.63, 3.8) is 0 Å². The lowest BCUT2D eigenvalue weighted by atomic mass is 10.1. The molecule has 0 fully saturated rings. The number of aromatic nitrogens is 2. The van der Waals surface area contributed by atoms with Crippen LogP contribution in [0, 0.1) is 11.6 Å². The van der Waals surface area contributed by atoms with Crippen LogP contribution in [-0.2, 0) is 0 Å². The van der Waals surface area contributed by atoms with Gasteiger partial charge in [0.25, 0.3) is 0 Å². The maximum atomic E-state index is 13.7. The molecule has 0 amide bonds. The van der Waals surface area contributed by atoms with E-state index in [1.54, 1.807) is 12.1 Å². The van der Waals surface area contributed by atoms with Crippen LogP contribution in [0.25, 0.3) is 16.9 Å². The maximum Gasteiger partial charge on any atom is 0.135 e. The molecule has 2 aromatic carbocycles. The van der Waals surface area contributed by atoms with E-state index in [0.29, 0.717) is 0 Å². The van der Waals surface area contributed by atoms with Crippen LogP contribution < -0.4 is 0 Å². The number of halogens is 3. The Labute approximate surface area is 119 Å². The first-order valence-corrected chi connectivity index (χ1v) is 6.30. The minimum absolute atomic E-state index is 0.162. The van der Waals surface area contributed by atoms with E-state index in [9.17, 15) is 8.78 Å². The average Bonchev–Trinajstić information content (AvgIpc) is 2.81. The summed E-state index contributed by atoms with van der Waals surface area (Å²) in [4.78, 5) is 0. The van der Waals surface area contributed by atoms with Gasteiger partial charge in [0, 0.05) is 6.07 Å². The van der Waals surface area contributed by atoms with Gasteiger partial charge in [0.1, 0.15) is 22.5 Å². The molecule has 0 aliphatic carbocycles. The van der Waals surface area contributed by atoms with E-state index in [2.05, 4.69) is 5.10 Å². The van der Waals surface area contributed by atoms with E-state index in [0.717, 1.165) is 5.69 Å². The van der Waals surface area contributed by atoms with Gasteiger partial charge >= 0.3 is 0 Å². The molecule has 5 heteroatoms. The summed E-state index contributed by atoms with van der Waals surface area (Å²) in [5.41, 5.74) is 0.707. The number of rotatable bonds is 2. The second-order valence-corrected chi connectivity index (χ2v) is 4.58. The first kappa shape index (κ1) is 12.8. The Balaban J connectivity index is 2.15. The van der Waals surface area contributed by atoms with Crippen molar-refractivity contribution >= 4 is 11.6 Å². The van der Waals surface area contributed by atoms with Crippen molar-refractivity contribution < 1.29 is 8.78 Å². The maximum absolute atomic E-state index is 13.7. The fraction of sp³-hybridized carbons (Fsp3) is 0.